The lowest BCUT2D eigenvalue weighted by Crippen LogP contribution is -2.27. The first-order valence-electron chi connectivity index (χ1n) is 5.65. The number of hydrogen-bond acceptors (Lipinski definition) is 3. The summed E-state index contributed by atoms with van der Waals surface area (Å²) >= 11 is 0. The fraction of sp³-hybridized carbons (Fsp3) is 0.308. The number of aliphatic hydroxyl groups is 2. The van der Waals surface area contributed by atoms with E-state index in [0.29, 0.717) is 5.56 Å². The maximum absolute atomic E-state index is 12.7. The minimum absolute atomic E-state index is 0.133. The van der Waals surface area contributed by atoms with Gasteiger partial charge < -0.3 is 15.1 Å². The first-order chi connectivity index (χ1) is 8.56. The Morgan fingerprint density at radius 1 is 1.22 bits per heavy atom. The number of carbonyl (C=O) groups excluding carboxylic acids is 1. The van der Waals surface area contributed by atoms with E-state index in [4.69, 9.17) is 0 Å². The summed E-state index contributed by atoms with van der Waals surface area (Å²) in [5.41, 5.74) is 0.713. The highest BCUT2D eigenvalue weighted by Gasteiger charge is 2.31. The molecule has 4 nitrogen and oxygen atoms in total. The van der Waals surface area contributed by atoms with Gasteiger partial charge in [0.1, 0.15) is 5.82 Å². The number of rotatable bonds is 2. The lowest BCUT2D eigenvalue weighted by molar-refractivity contribution is -0.125. The molecule has 0 radical (unpaired) electrons. The average Bonchev–Trinajstić information content (AvgIpc) is 2.69. The number of carbonyl (C=O) groups is 1. The summed E-state index contributed by atoms with van der Waals surface area (Å²) in [4.78, 5) is 13.1. The molecule has 1 saturated heterocycles. The van der Waals surface area contributed by atoms with Crippen LogP contribution in [0.4, 0.5) is 4.39 Å². The van der Waals surface area contributed by atoms with Gasteiger partial charge in [0.2, 0.25) is 5.91 Å². The number of halogens is 1. The molecule has 1 aliphatic heterocycles. The predicted molar refractivity (Wildman–Crippen MR) is 64.0 cm³/mol. The van der Waals surface area contributed by atoms with Crippen molar-refractivity contribution >= 4 is 12.0 Å². The quantitative estimate of drug-likeness (QED) is 0.748. The molecule has 1 fully saturated rings. The van der Waals surface area contributed by atoms with Crippen LogP contribution in [0.15, 0.2) is 30.3 Å². The highest BCUT2D eigenvalue weighted by Crippen LogP contribution is 2.11. The molecular formula is C13H14FNO3. The van der Waals surface area contributed by atoms with Crippen LogP contribution in [-0.4, -0.2) is 46.3 Å². The van der Waals surface area contributed by atoms with Gasteiger partial charge in [-0.3, -0.25) is 4.79 Å². The van der Waals surface area contributed by atoms with Crippen LogP contribution in [0.5, 0.6) is 0 Å². The van der Waals surface area contributed by atoms with Gasteiger partial charge in [-0.05, 0) is 23.8 Å². The van der Waals surface area contributed by atoms with Gasteiger partial charge in [-0.15, -0.1) is 0 Å². The smallest absolute Gasteiger partial charge is 0.246 e. The average molecular weight is 251 g/mol. The number of hydrogen-bond donors (Lipinski definition) is 2. The molecule has 0 saturated carbocycles. The lowest BCUT2D eigenvalue weighted by Gasteiger charge is -2.11. The molecule has 0 aliphatic carbocycles. The van der Waals surface area contributed by atoms with Crippen LogP contribution in [0.3, 0.4) is 0 Å². The second-order valence-electron chi connectivity index (χ2n) is 4.26. The fourth-order valence-corrected chi connectivity index (χ4v) is 1.80. The third kappa shape index (κ3) is 2.94. The van der Waals surface area contributed by atoms with Gasteiger partial charge in [-0.25, -0.2) is 4.39 Å². The van der Waals surface area contributed by atoms with Crippen molar-refractivity contribution in [2.75, 3.05) is 13.1 Å². The Morgan fingerprint density at radius 3 is 2.33 bits per heavy atom. The summed E-state index contributed by atoms with van der Waals surface area (Å²) < 4.78 is 12.7. The highest BCUT2D eigenvalue weighted by atomic mass is 19.1. The van der Waals surface area contributed by atoms with Gasteiger partial charge in [0.15, 0.2) is 0 Å². The van der Waals surface area contributed by atoms with Gasteiger partial charge in [0.25, 0.3) is 0 Å². The normalized spacial score (nSPS) is 23.8. The zero-order valence-electron chi connectivity index (χ0n) is 9.66. The number of amides is 1. The van der Waals surface area contributed by atoms with Gasteiger partial charge in [-0.2, -0.15) is 0 Å². The van der Waals surface area contributed by atoms with E-state index in [1.165, 1.54) is 23.1 Å². The summed E-state index contributed by atoms with van der Waals surface area (Å²) in [6.45, 7) is 0.265. The maximum atomic E-state index is 12.7. The molecule has 1 heterocycles. The molecule has 0 bridgehead atoms. The summed E-state index contributed by atoms with van der Waals surface area (Å²) in [5.74, 6) is -0.612. The van der Waals surface area contributed by atoms with E-state index >= 15 is 0 Å². The molecule has 1 aliphatic rings. The van der Waals surface area contributed by atoms with Crippen molar-refractivity contribution in [3.8, 4) is 0 Å². The third-order valence-electron chi connectivity index (χ3n) is 2.86. The van der Waals surface area contributed by atoms with E-state index < -0.39 is 12.2 Å². The Hall–Kier alpha value is -1.72. The number of nitrogens with zero attached hydrogens (tertiary/aromatic N) is 1. The molecule has 2 N–H and O–H groups in total. The zero-order chi connectivity index (χ0) is 13.1. The molecule has 1 aromatic rings. The maximum Gasteiger partial charge on any atom is 0.246 e. The summed E-state index contributed by atoms with van der Waals surface area (Å²) in [7, 11) is 0. The first-order valence-corrected chi connectivity index (χ1v) is 5.65. The van der Waals surface area contributed by atoms with E-state index in [2.05, 4.69) is 0 Å². The summed E-state index contributed by atoms with van der Waals surface area (Å²) in [6, 6.07) is 5.75. The number of likely N-dealkylation sites (tertiary alicyclic amines) is 1. The van der Waals surface area contributed by atoms with Crippen molar-refractivity contribution in [2.24, 2.45) is 0 Å². The number of aliphatic hydroxyl groups excluding tert-OH is 2. The molecule has 5 heteroatoms. The molecule has 2 unspecified atom stereocenters. The van der Waals surface area contributed by atoms with Crippen molar-refractivity contribution in [2.45, 2.75) is 12.2 Å². The Kier molecular flexibility index (Phi) is 3.74. The van der Waals surface area contributed by atoms with Crippen LogP contribution >= 0.6 is 0 Å². The van der Waals surface area contributed by atoms with Crippen molar-refractivity contribution < 1.29 is 19.4 Å². The second-order valence-corrected chi connectivity index (χ2v) is 4.26. The standard InChI is InChI=1S/C13H14FNO3/c14-10-4-1-9(2-5-10)3-6-13(18)15-7-11(16)12(17)8-15/h1-6,11-12,16-17H,7-8H2/b6-3+. The van der Waals surface area contributed by atoms with Crippen molar-refractivity contribution in [3.63, 3.8) is 0 Å². The highest BCUT2D eigenvalue weighted by molar-refractivity contribution is 5.92. The molecule has 2 atom stereocenters. The van der Waals surface area contributed by atoms with E-state index in [0.717, 1.165) is 0 Å². The predicted octanol–water partition coefficient (Wildman–Crippen LogP) is 0.403. The van der Waals surface area contributed by atoms with E-state index in [9.17, 15) is 19.4 Å². The lowest BCUT2D eigenvalue weighted by atomic mass is 10.2. The van der Waals surface area contributed by atoms with Crippen LogP contribution in [-0.2, 0) is 4.79 Å². The topological polar surface area (TPSA) is 60.8 Å². The molecule has 18 heavy (non-hydrogen) atoms. The van der Waals surface area contributed by atoms with Crippen molar-refractivity contribution in [1.29, 1.82) is 0 Å². The molecule has 1 aromatic carbocycles. The minimum atomic E-state index is -0.881. The Labute approximate surface area is 104 Å². The number of β-amino-alcohol motifs (C(OH)–C–C–N with tert-alkyl or cyclic N) is 2. The number of benzene rings is 1. The van der Waals surface area contributed by atoms with Gasteiger partial charge >= 0.3 is 0 Å². The van der Waals surface area contributed by atoms with Crippen LogP contribution in [0.1, 0.15) is 5.56 Å². The molecule has 1 amide bonds. The van der Waals surface area contributed by atoms with E-state index in [1.54, 1.807) is 18.2 Å². The van der Waals surface area contributed by atoms with Gasteiger partial charge in [0, 0.05) is 19.2 Å². The molecule has 0 aromatic heterocycles. The van der Waals surface area contributed by atoms with Crippen molar-refractivity contribution in [1.82, 2.24) is 4.90 Å². The van der Waals surface area contributed by atoms with Crippen LogP contribution in [0.25, 0.3) is 6.08 Å². The Bertz CT molecular complexity index is 448. The minimum Gasteiger partial charge on any atom is -0.388 e. The summed E-state index contributed by atoms with van der Waals surface area (Å²) in [5, 5.41) is 18.6. The van der Waals surface area contributed by atoms with Crippen molar-refractivity contribution in [3.05, 3.63) is 41.7 Å². The zero-order valence-corrected chi connectivity index (χ0v) is 9.66. The second kappa shape index (κ2) is 5.29. The van der Waals surface area contributed by atoms with Crippen LogP contribution in [0.2, 0.25) is 0 Å². The molecule has 2 rings (SSSR count). The Balaban J connectivity index is 1.97. The van der Waals surface area contributed by atoms with Crippen LogP contribution < -0.4 is 0 Å². The third-order valence-corrected chi connectivity index (χ3v) is 2.86. The SMILES string of the molecule is O=C(/C=C/c1ccc(F)cc1)N1CC(O)C(O)C1. The summed E-state index contributed by atoms with van der Waals surface area (Å²) in [6.07, 6.45) is 1.15. The largest absolute Gasteiger partial charge is 0.388 e. The van der Waals surface area contributed by atoms with Crippen LogP contribution in [0, 0.1) is 5.82 Å². The monoisotopic (exact) mass is 251 g/mol. The van der Waals surface area contributed by atoms with Gasteiger partial charge in [-0.1, -0.05) is 12.1 Å². The Morgan fingerprint density at radius 2 is 1.78 bits per heavy atom. The van der Waals surface area contributed by atoms with E-state index in [1.807, 2.05) is 0 Å². The fourth-order valence-electron chi connectivity index (χ4n) is 1.80. The molecular weight excluding hydrogens is 237 g/mol. The van der Waals surface area contributed by atoms with Gasteiger partial charge in [0.05, 0.1) is 12.2 Å². The molecule has 0 spiro atoms. The first kappa shape index (κ1) is 12.7. The van der Waals surface area contributed by atoms with E-state index in [-0.39, 0.29) is 24.8 Å². The molecule has 96 valence electrons.